The van der Waals surface area contributed by atoms with Gasteiger partial charge in [-0.1, -0.05) is 18.2 Å². The molecule has 160 valence electrons. The molecule has 1 amide bonds. The van der Waals surface area contributed by atoms with Crippen LogP contribution in [0.5, 0.6) is 0 Å². The summed E-state index contributed by atoms with van der Waals surface area (Å²) in [6.45, 7) is 5.43. The number of amides is 1. The minimum Gasteiger partial charge on any atom is -0.459 e. The predicted octanol–water partition coefficient (Wildman–Crippen LogP) is 2.89. The Kier molecular flexibility index (Phi) is 5.92. The molecule has 2 aromatic rings. The summed E-state index contributed by atoms with van der Waals surface area (Å²) in [5, 5.41) is 10.4. The highest BCUT2D eigenvalue weighted by Crippen LogP contribution is 2.42. The molecule has 3 heterocycles. The molecule has 1 aromatic heterocycles. The number of para-hydroxylation sites is 1. The molecule has 0 spiro atoms. The number of benzene rings is 1. The summed E-state index contributed by atoms with van der Waals surface area (Å²) in [6, 6.07) is 7.78. The average Bonchev–Trinajstić information content (AvgIpc) is 3.52. The average molecular weight is 412 g/mol. The highest BCUT2D eigenvalue weighted by Gasteiger charge is 2.41. The van der Waals surface area contributed by atoms with Gasteiger partial charge in [0, 0.05) is 56.6 Å². The number of hydrogen-bond donors (Lipinski definition) is 1. The summed E-state index contributed by atoms with van der Waals surface area (Å²) in [6.07, 6.45) is 4.43. The largest absolute Gasteiger partial charge is 0.459 e. The van der Waals surface area contributed by atoms with Crippen LogP contribution in [-0.2, 0) is 14.3 Å². The topological polar surface area (TPSA) is 80.8 Å². The van der Waals surface area contributed by atoms with Crippen molar-refractivity contribution in [1.82, 2.24) is 9.47 Å². The number of fused-ring (bicyclic) bond motifs is 1. The van der Waals surface area contributed by atoms with Crippen LogP contribution >= 0.6 is 0 Å². The van der Waals surface area contributed by atoms with Crippen LogP contribution in [0.15, 0.2) is 42.3 Å². The number of nitrogens with zero attached hydrogens (tertiary/aromatic N) is 2. The Morgan fingerprint density at radius 3 is 2.70 bits per heavy atom. The fraction of sp³-hybridized carbons (Fsp3) is 0.478. The summed E-state index contributed by atoms with van der Waals surface area (Å²) in [5.41, 5.74) is 1.81. The number of rotatable bonds is 7. The zero-order valence-corrected chi connectivity index (χ0v) is 17.4. The maximum absolute atomic E-state index is 12.8. The van der Waals surface area contributed by atoms with Gasteiger partial charge in [0.05, 0.1) is 5.52 Å². The maximum Gasteiger partial charge on any atom is 0.288 e. The van der Waals surface area contributed by atoms with Crippen molar-refractivity contribution in [1.29, 1.82) is 0 Å². The Morgan fingerprint density at radius 2 is 2.03 bits per heavy atom. The first kappa shape index (κ1) is 20.6. The second-order valence-electron chi connectivity index (χ2n) is 7.81. The Balaban J connectivity index is 1.83. The van der Waals surface area contributed by atoms with Gasteiger partial charge in [-0.3, -0.25) is 14.2 Å². The Hall–Kier alpha value is -2.64. The molecular formula is C23H28N2O5. The molecule has 30 heavy (non-hydrogen) atoms. The molecule has 2 aliphatic rings. The van der Waals surface area contributed by atoms with E-state index in [1.54, 1.807) is 9.47 Å². The van der Waals surface area contributed by atoms with E-state index in [9.17, 15) is 14.7 Å². The minimum absolute atomic E-state index is 0.0675. The van der Waals surface area contributed by atoms with Gasteiger partial charge in [-0.05, 0) is 37.5 Å². The van der Waals surface area contributed by atoms with Crippen LogP contribution in [0, 0.1) is 5.92 Å². The molecular weight excluding hydrogens is 384 g/mol. The first-order valence-corrected chi connectivity index (χ1v) is 10.6. The standard InChI is InChI=1S/C23H28N2O5/c1-3-29-23-17(8-6-12-26)18(13-21(30-23)22(28)24-10-11-24)19-14-25(15(2)27)20-9-5-4-7-16(19)20/h4-5,7,9,13-14,17-18,23,26H,3,6,8,10-12H2,1-2H3/t17-,18+,23-/m0/s1. The second kappa shape index (κ2) is 8.62. The third kappa shape index (κ3) is 3.87. The van der Waals surface area contributed by atoms with Crippen molar-refractivity contribution in [2.24, 2.45) is 5.92 Å². The molecule has 7 heteroatoms. The van der Waals surface area contributed by atoms with Gasteiger partial charge in [-0.2, -0.15) is 0 Å². The van der Waals surface area contributed by atoms with E-state index >= 15 is 0 Å². The van der Waals surface area contributed by atoms with E-state index < -0.39 is 6.29 Å². The van der Waals surface area contributed by atoms with Crippen molar-refractivity contribution in [2.45, 2.75) is 38.9 Å². The predicted molar refractivity (Wildman–Crippen MR) is 112 cm³/mol. The molecule has 0 unspecified atom stereocenters. The van der Waals surface area contributed by atoms with E-state index in [1.165, 1.54) is 6.92 Å². The normalized spacial score (nSPS) is 23.2. The molecule has 2 aliphatic heterocycles. The zero-order valence-electron chi connectivity index (χ0n) is 17.4. The van der Waals surface area contributed by atoms with Crippen molar-refractivity contribution in [3.05, 3.63) is 47.9 Å². The van der Waals surface area contributed by atoms with E-state index in [1.807, 2.05) is 43.5 Å². The van der Waals surface area contributed by atoms with Crippen molar-refractivity contribution in [3.8, 4) is 0 Å². The molecule has 0 radical (unpaired) electrons. The molecule has 3 atom stereocenters. The van der Waals surface area contributed by atoms with Crippen LogP contribution < -0.4 is 0 Å². The highest BCUT2D eigenvalue weighted by atomic mass is 16.7. The van der Waals surface area contributed by atoms with Crippen LogP contribution in [0.2, 0.25) is 0 Å². The van der Waals surface area contributed by atoms with Crippen LogP contribution in [0.1, 0.15) is 43.0 Å². The van der Waals surface area contributed by atoms with Gasteiger partial charge in [0.25, 0.3) is 5.91 Å². The Morgan fingerprint density at radius 1 is 1.27 bits per heavy atom. The number of ether oxygens (including phenoxy) is 2. The SMILES string of the molecule is CCO[C@H]1OC(C(=O)N2CC2)=C[C@@H](c2cn(C(C)=O)c3ccccc23)[C@@H]1CCCO. The molecule has 1 saturated heterocycles. The summed E-state index contributed by atoms with van der Waals surface area (Å²) in [7, 11) is 0. The summed E-state index contributed by atoms with van der Waals surface area (Å²) in [4.78, 5) is 26.7. The van der Waals surface area contributed by atoms with Gasteiger partial charge < -0.3 is 19.5 Å². The van der Waals surface area contributed by atoms with E-state index in [2.05, 4.69) is 0 Å². The Bertz CT molecular complexity index is 975. The van der Waals surface area contributed by atoms with Crippen molar-refractivity contribution in [3.63, 3.8) is 0 Å². The number of allylic oxidation sites excluding steroid dienone is 1. The lowest BCUT2D eigenvalue weighted by Gasteiger charge is -2.36. The third-order valence-corrected chi connectivity index (χ3v) is 5.80. The van der Waals surface area contributed by atoms with Gasteiger partial charge in [-0.25, -0.2) is 0 Å². The zero-order chi connectivity index (χ0) is 21.3. The van der Waals surface area contributed by atoms with E-state index in [4.69, 9.17) is 9.47 Å². The molecule has 0 aliphatic carbocycles. The first-order valence-electron chi connectivity index (χ1n) is 10.6. The van der Waals surface area contributed by atoms with Crippen LogP contribution in [-0.4, -0.2) is 59.0 Å². The quantitative estimate of drug-likeness (QED) is 0.708. The van der Waals surface area contributed by atoms with E-state index in [-0.39, 0.29) is 30.3 Å². The molecule has 1 N–H and O–H groups in total. The van der Waals surface area contributed by atoms with Crippen molar-refractivity contribution in [2.75, 3.05) is 26.3 Å². The smallest absolute Gasteiger partial charge is 0.288 e. The summed E-state index contributed by atoms with van der Waals surface area (Å²) in [5.74, 6) is -0.154. The summed E-state index contributed by atoms with van der Waals surface area (Å²) < 4.78 is 13.6. The number of aromatic nitrogens is 1. The fourth-order valence-corrected chi connectivity index (χ4v) is 4.26. The van der Waals surface area contributed by atoms with Crippen molar-refractivity contribution >= 4 is 22.7 Å². The summed E-state index contributed by atoms with van der Waals surface area (Å²) >= 11 is 0. The monoisotopic (exact) mass is 412 g/mol. The molecule has 0 saturated carbocycles. The first-order chi connectivity index (χ1) is 14.5. The lowest BCUT2D eigenvalue weighted by Crippen LogP contribution is -2.37. The van der Waals surface area contributed by atoms with Crippen molar-refractivity contribution < 1.29 is 24.2 Å². The third-order valence-electron chi connectivity index (χ3n) is 5.80. The van der Waals surface area contributed by atoms with E-state index in [0.29, 0.717) is 25.2 Å². The van der Waals surface area contributed by atoms with Crippen LogP contribution in [0.3, 0.4) is 0 Å². The minimum atomic E-state index is -0.588. The number of hydrogen-bond acceptors (Lipinski definition) is 5. The second-order valence-corrected chi connectivity index (χ2v) is 7.81. The number of aliphatic hydroxyl groups excluding tert-OH is 1. The van der Waals surface area contributed by atoms with E-state index in [0.717, 1.165) is 29.6 Å². The highest BCUT2D eigenvalue weighted by molar-refractivity contribution is 5.95. The lowest BCUT2D eigenvalue weighted by molar-refractivity contribution is -0.168. The van der Waals surface area contributed by atoms with Gasteiger partial charge in [0.2, 0.25) is 12.2 Å². The number of carbonyl (C=O) groups excluding carboxylic acids is 2. The number of aliphatic hydroxyl groups is 1. The molecule has 7 nitrogen and oxygen atoms in total. The molecule has 1 aromatic carbocycles. The van der Waals surface area contributed by atoms with Gasteiger partial charge >= 0.3 is 0 Å². The maximum atomic E-state index is 12.8. The molecule has 0 bridgehead atoms. The van der Waals surface area contributed by atoms with Gasteiger partial charge in [0.1, 0.15) is 0 Å². The molecule has 1 fully saturated rings. The Labute approximate surface area is 175 Å². The van der Waals surface area contributed by atoms with Crippen LogP contribution in [0.4, 0.5) is 0 Å². The number of carbonyl (C=O) groups is 2. The van der Waals surface area contributed by atoms with Gasteiger partial charge in [-0.15, -0.1) is 0 Å². The lowest BCUT2D eigenvalue weighted by atomic mass is 9.80. The van der Waals surface area contributed by atoms with Gasteiger partial charge in [0.15, 0.2) is 5.76 Å². The molecule has 4 rings (SSSR count). The fourth-order valence-electron chi connectivity index (χ4n) is 4.26. The van der Waals surface area contributed by atoms with Crippen LogP contribution in [0.25, 0.3) is 10.9 Å².